The number of carbonyl (C=O) groups is 1. The van der Waals surface area contributed by atoms with E-state index >= 15 is 0 Å². The molecule has 0 aliphatic carbocycles. The van der Waals surface area contributed by atoms with Crippen molar-refractivity contribution >= 4 is 29.0 Å². The summed E-state index contributed by atoms with van der Waals surface area (Å²) in [7, 11) is 0. The second kappa shape index (κ2) is 5.69. The van der Waals surface area contributed by atoms with E-state index in [1.54, 1.807) is 17.8 Å². The second-order valence-electron chi connectivity index (χ2n) is 4.94. The van der Waals surface area contributed by atoms with Crippen molar-refractivity contribution in [3.63, 3.8) is 0 Å². The molecule has 3 rings (SSSR count). The molecule has 2 aromatic carbocycles. The molecular formula is C16H16N2O2S. The molecule has 0 atom stereocenters. The minimum Gasteiger partial charge on any atom is -0.482 e. The van der Waals surface area contributed by atoms with Gasteiger partial charge in [-0.1, -0.05) is 24.3 Å². The van der Waals surface area contributed by atoms with Gasteiger partial charge in [0.25, 0.3) is 5.91 Å². The number of hydrogen-bond donors (Lipinski definition) is 2. The number of nitrogens with one attached hydrogen (secondary N) is 1. The zero-order valence-corrected chi connectivity index (χ0v) is 12.5. The van der Waals surface area contributed by atoms with E-state index in [-0.39, 0.29) is 12.5 Å². The van der Waals surface area contributed by atoms with Crippen molar-refractivity contribution in [3.05, 3.63) is 47.5 Å². The number of nitrogens with two attached hydrogens (primary N) is 1. The van der Waals surface area contributed by atoms with Gasteiger partial charge in [0.2, 0.25) is 0 Å². The SMILES string of the molecule is Cc1ccccc1CSc1cc2c(cc1N)OCC(=O)N2. The maximum absolute atomic E-state index is 11.4. The monoisotopic (exact) mass is 300 g/mol. The highest BCUT2D eigenvalue weighted by Gasteiger charge is 2.18. The molecule has 1 amide bonds. The van der Waals surface area contributed by atoms with Crippen molar-refractivity contribution in [1.29, 1.82) is 0 Å². The highest BCUT2D eigenvalue weighted by molar-refractivity contribution is 7.98. The molecular weight excluding hydrogens is 284 g/mol. The van der Waals surface area contributed by atoms with Gasteiger partial charge in [-0.05, 0) is 24.1 Å². The molecule has 0 radical (unpaired) electrons. The summed E-state index contributed by atoms with van der Waals surface area (Å²) in [6.45, 7) is 2.14. The maximum Gasteiger partial charge on any atom is 0.262 e. The molecule has 2 aromatic rings. The summed E-state index contributed by atoms with van der Waals surface area (Å²) in [6.07, 6.45) is 0. The third-order valence-corrected chi connectivity index (χ3v) is 4.51. The van der Waals surface area contributed by atoms with Crippen molar-refractivity contribution < 1.29 is 9.53 Å². The largest absolute Gasteiger partial charge is 0.482 e. The molecule has 0 fully saturated rings. The van der Waals surface area contributed by atoms with E-state index in [1.807, 2.05) is 18.2 Å². The van der Waals surface area contributed by atoms with Gasteiger partial charge >= 0.3 is 0 Å². The Morgan fingerprint density at radius 3 is 2.95 bits per heavy atom. The maximum atomic E-state index is 11.4. The number of carbonyl (C=O) groups excluding carboxylic acids is 1. The van der Waals surface area contributed by atoms with Crippen LogP contribution in [0.2, 0.25) is 0 Å². The smallest absolute Gasteiger partial charge is 0.262 e. The molecule has 108 valence electrons. The zero-order valence-electron chi connectivity index (χ0n) is 11.7. The first-order chi connectivity index (χ1) is 10.1. The van der Waals surface area contributed by atoms with Gasteiger partial charge in [-0.3, -0.25) is 4.79 Å². The van der Waals surface area contributed by atoms with E-state index in [0.29, 0.717) is 17.1 Å². The third-order valence-electron chi connectivity index (χ3n) is 3.39. The highest BCUT2D eigenvalue weighted by atomic mass is 32.2. The normalized spacial score (nSPS) is 13.3. The fraction of sp³-hybridized carbons (Fsp3) is 0.188. The minimum absolute atomic E-state index is 0.0438. The molecule has 1 aliphatic rings. The fourth-order valence-electron chi connectivity index (χ4n) is 2.17. The first-order valence-corrected chi connectivity index (χ1v) is 7.65. The van der Waals surface area contributed by atoms with Gasteiger partial charge in [-0.2, -0.15) is 0 Å². The van der Waals surface area contributed by atoms with E-state index in [1.165, 1.54) is 11.1 Å². The lowest BCUT2D eigenvalue weighted by molar-refractivity contribution is -0.118. The van der Waals surface area contributed by atoms with Gasteiger partial charge in [0, 0.05) is 22.4 Å². The molecule has 0 saturated carbocycles. The van der Waals surface area contributed by atoms with Crippen LogP contribution in [0.5, 0.6) is 5.75 Å². The number of anilines is 2. The molecule has 0 aromatic heterocycles. The molecule has 0 spiro atoms. The van der Waals surface area contributed by atoms with E-state index < -0.39 is 0 Å². The summed E-state index contributed by atoms with van der Waals surface area (Å²) in [5, 5.41) is 2.80. The number of hydrogen-bond acceptors (Lipinski definition) is 4. The first-order valence-electron chi connectivity index (χ1n) is 6.67. The second-order valence-corrected chi connectivity index (χ2v) is 5.96. The van der Waals surface area contributed by atoms with Gasteiger partial charge in [-0.15, -0.1) is 11.8 Å². The molecule has 1 aliphatic heterocycles. The van der Waals surface area contributed by atoms with Gasteiger partial charge in [0.1, 0.15) is 5.75 Å². The zero-order chi connectivity index (χ0) is 14.8. The predicted molar refractivity (Wildman–Crippen MR) is 85.7 cm³/mol. The molecule has 3 N–H and O–H groups in total. The van der Waals surface area contributed by atoms with Crippen molar-refractivity contribution in [1.82, 2.24) is 0 Å². The number of benzene rings is 2. The lowest BCUT2D eigenvalue weighted by Crippen LogP contribution is -2.25. The lowest BCUT2D eigenvalue weighted by atomic mass is 10.1. The molecule has 0 unspecified atom stereocenters. The topological polar surface area (TPSA) is 64.3 Å². The van der Waals surface area contributed by atoms with Crippen LogP contribution < -0.4 is 15.8 Å². The lowest BCUT2D eigenvalue weighted by Gasteiger charge is -2.19. The Morgan fingerprint density at radius 2 is 2.14 bits per heavy atom. The molecule has 0 saturated heterocycles. The molecule has 0 bridgehead atoms. The van der Waals surface area contributed by atoms with Crippen LogP contribution in [0.15, 0.2) is 41.3 Å². The van der Waals surface area contributed by atoms with Crippen molar-refractivity contribution in [3.8, 4) is 5.75 Å². The van der Waals surface area contributed by atoms with Crippen LogP contribution in [-0.2, 0) is 10.5 Å². The van der Waals surface area contributed by atoms with Gasteiger partial charge < -0.3 is 15.8 Å². The van der Waals surface area contributed by atoms with Crippen LogP contribution in [0, 0.1) is 6.92 Å². The van der Waals surface area contributed by atoms with Gasteiger partial charge in [0.05, 0.1) is 5.69 Å². The minimum atomic E-state index is -0.137. The van der Waals surface area contributed by atoms with Crippen molar-refractivity contribution in [2.75, 3.05) is 17.7 Å². The number of aryl methyl sites for hydroxylation is 1. The Balaban J connectivity index is 1.81. The standard InChI is InChI=1S/C16H16N2O2S/c1-10-4-2-3-5-11(10)9-21-15-7-13-14(6-12(15)17)20-8-16(19)18-13/h2-7H,8-9,17H2,1H3,(H,18,19). The highest BCUT2D eigenvalue weighted by Crippen LogP contribution is 2.38. The van der Waals surface area contributed by atoms with E-state index in [9.17, 15) is 4.79 Å². The van der Waals surface area contributed by atoms with E-state index in [2.05, 4.69) is 24.4 Å². The van der Waals surface area contributed by atoms with Crippen LogP contribution in [0.25, 0.3) is 0 Å². The summed E-state index contributed by atoms with van der Waals surface area (Å²) in [6, 6.07) is 11.9. The van der Waals surface area contributed by atoms with Crippen LogP contribution in [-0.4, -0.2) is 12.5 Å². The number of amides is 1. The quantitative estimate of drug-likeness (QED) is 0.675. The Kier molecular flexibility index (Phi) is 3.75. The predicted octanol–water partition coefficient (Wildman–Crippen LogP) is 3.20. The number of rotatable bonds is 3. The summed E-state index contributed by atoms with van der Waals surface area (Å²) < 4.78 is 5.35. The van der Waals surface area contributed by atoms with E-state index in [4.69, 9.17) is 10.5 Å². The summed E-state index contributed by atoms with van der Waals surface area (Å²) in [5.41, 5.74) is 9.97. The Bertz CT molecular complexity index is 701. The van der Waals surface area contributed by atoms with Crippen LogP contribution in [0.3, 0.4) is 0 Å². The third kappa shape index (κ3) is 2.97. The summed E-state index contributed by atoms with van der Waals surface area (Å²) in [4.78, 5) is 12.3. The molecule has 5 heteroatoms. The van der Waals surface area contributed by atoms with Crippen LogP contribution in [0.4, 0.5) is 11.4 Å². The Labute approximate surface area is 127 Å². The first kappa shape index (κ1) is 13.8. The van der Waals surface area contributed by atoms with Crippen LogP contribution in [0.1, 0.15) is 11.1 Å². The average Bonchev–Trinajstić information content (AvgIpc) is 2.47. The Hall–Kier alpha value is -2.14. The van der Waals surface area contributed by atoms with E-state index in [0.717, 1.165) is 10.6 Å². The number of ether oxygens (including phenoxy) is 1. The van der Waals surface area contributed by atoms with Crippen molar-refractivity contribution in [2.24, 2.45) is 0 Å². The number of fused-ring (bicyclic) bond motifs is 1. The van der Waals surface area contributed by atoms with Gasteiger partial charge in [-0.25, -0.2) is 0 Å². The Morgan fingerprint density at radius 1 is 1.33 bits per heavy atom. The summed E-state index contributed by atoms with van der Waals surface area (Å²) in [5.74, 6) is 1.33. The molecule has 4 nitrogen and oxygen atoms in total. The fourth-order valence-corrected chi connectivity index (χ4v) is 3.24. The van der Waals surface area contributed by atoms with Crippen molar-refractivity contribution in [2.45, 2.75) is 17.6 Å². The molecule has 1 heterocycles. The van der Waals surface area contributed by atoms with Gasteiger partial charge in [0.15, 0.2) is 6.61 Å². The number of thioether (sulfide) groups is 1. The average molecular weight is 300 g/mol. The molecule has 21 heavy (non-hydrogen) atoms. The summed E-state index contributed by atoms with van der Waals surface area (Å²) >= 11 is 1.66. The van der Waals surface area contributed by atoms with Crippen LogP contribution >= 0.6 is 11.8 Å². The number of nitrogen functional groups attached to an aromatic ring is 1.